The lowest BCUT2D eigenvalue weighted by molar-refractivity contribution is 0.184. The van der Waals surface area contributed by atoms with E-state index in [0.29, 0.717) is 23.3 Å². The first-order valence-electron chi connectivity index (χ1n) is 5.83. The molecular weight excluding hydrogens is 283 g/mol. The first-order chi connectivity index (χ1) is 9.22. The van der Waals surface area contributed by atoms with Gasteiger partial charge in [-0.1, -0.05) is 29.8 Å². The molecule has 2 aromatic rings. The Bertz CT molecular complexity index is 556. The summed E-state index contributed by atoms with van der Waals surface area (Å²) in [7, 11) is 1.66. The lowest BCUT2D eigenvalue weighted by atomic mass is 10.2. The van der Waals surface area contributed by atoms with Gasteiger partial charge >= 0.3 is 0 Å². The summed E-state index contributed by atoms with van der Waals surface area (Å²) in [6.45, 7) is 0.552. The fourth-order valence-electron chi connectivity index (χ4n) is 1.70. The molecule has 2 rings (SSSR count). The van der Waals surface area contributed by atoms with Gasteiger partial charge in [0.15, 0.2) is 0 Å². The Labute approximate surface area is 122 Å². The van der Waals surface area contributed by atoms with Crippen molar-refractivity contribution < 1.29 is 9.47 Å². The van der Waals surface area contributed by atoms with Gasteiger partial charge in [-0.15, -0.1) is 11.6 Å². The van der Waals surface area contributed by atoms with E-state index in [2.05, 4.69) is 0 Å². The molecule has 0 radical (unpaired) electrons. The second-order valence-corrected chi connectivity index (χ2v) is 4.76. The molecule has 0 fully saturated rings. The van der Waals surface area contributed by atoms with E-state index in [9.17, 15) is 0 Å². The average Bonchev–Trinajstić information content (AvgIpc) is 2.42. The van der Waals surface area contributed by atoms with Gasteiger partial charge in [0.1, 0.15) is 11.5 Å². The Hall–Kier alpha value is -1.22. The van der Waals surface area contributed by atoms with Gasteiger partial charge < -0.3 is 9.47 Å². The number of benzene rings is 2. The molecule has 0 atom stereocenters. The van der Waals surface area contributed by atoms with Crippen LogP contribution in [0.3, 0.4) is 0 Å². The third-order valence-corrected chi connectivity index (χ3v) is 3.19. The Morgan fingerprint density at radius 3 is 2.58 bits per heavy atom. The number of alkyl halides is 1. The Morgan fingerprint density at radius 1 is 1.05 bits per heavy atom. The lowest BCUT2D eigenvalue weighted by Crippen LogP contribution is -1.90. The maximum atomic E-state index is 6.15. The highest BCUT2D eigenvalue weighted by atomic mass is 35.5. The van der Waals surface area contributed by atoms with E-state index in [1.165, 1.54) is 0 Å². The van der Waals surface area contributed by atoms with Crippen molar-refractivity contribution in [3.05, 3.63) is 58.6 Å². The van der Waals surface area contributed by atoms with Crippen LogP contribution in [0.15, 0.2) is 42.5 Å². The van der Waals surface area contributed by atoms with Crippen LogP contribution in [0.2, 0.25) is 5.02 Å². The standard InChI is InChI=1S/C15H14Cl2O2/c1-18-10-12-3-2-4-13(7-12)19-15-6-5-11(9-16)8-14(15)17/h2-8H,9-10H2,1H3. The van der Waals surface area contributed by atoms with Crippen molar-refractivity contribution in [3.63, 3.8) is 0 Å². The highest BCUT2D eigenvalue weighted by Crippen LogP contribution is 2.30. The SMILES string of the molecule is COCc1cccc(Oc2ccc(CCl)cc2Cl)c1. The van der Waals surface area contributed by atoms with E-state index in [0.717, 1.165) is 16.9 Å². The second-order valence-electron chi connectivity index (χ2n) is 4.08. The zero-order valence-electron chi connectivity index (χ0n) is 10.5. The van der Waals surface area contributed by atoms with Crippen LogP contribution in [0.1, 0.15) is 11.1 Å². The van der Waals surface area contributed by atoms with Crippen molar-refractivity contribution in [2.75, 3.05) is 7.11 Å². The molecular formula is C15H14Cl2O2. The van der Waals surface area contributed by atoms with Crippen molar-refractivity contribution in [2.24, 2.45) is 0 Å². The van der Waals surface area contributed by atoms with E-state index >= 15 is 0 Å². The van der Waals surface area contributed by atoms with E-state index in [-0.39, 0.29) is 0 Å². The normalized spacial score (nSPS) is 10.5. The van der Waals surface area contributed by atoms with Crippen molar-refractivity contribution in [3.8, 4) is 11.5 Å². The van der Waals surface area contributed by atoms with Crippen LogP contribution < -0.4 is 4.74 Å². The third-order valence-electron chi connectivity index (χ3n) is 2.59. The third kappa shape index (κ3) is 3.87. The minimum Gasteiger partial charge on any atom is -0.456 e. The predicted octanol–water partition coefficient (Wildman–Crippen LogP) is 5.02. The van der Waals surface area contributed by atoms with Crippen molar-refractivity contribution in [2.45, 2.75) is 12.5 Å². The van der Waals surface area contributed by atoms with E-state index in [1.54, 1.807) is 7.11 Å². The van der Waals surface area contributed by atoms with Crippen molar-refractivity contribution in [1.82, 2.24) is 0 Å². The smallest absolute Gasteiger partial charge is 0.146 e. The summed E-state index contributed by atoms with van der Waals surface area (Å²) < 4.78 is 10.9. The molecule has 0 spiro atoms. The van der Waals surface area contributed by atoms with E-state index in [1.807, 2.05) is 42.5 Å². The van der Waals surface area contributed by atoms with Gasteiger partial charge in [0.05, 0.1) is 11.6 Å². The fourth-order valence-corrected chi connectivity index (χ4v) is 2.11. The quantitative estimate of drug-likeness (QED) is 0.722. The van der Waals surface area contributed by atoms with Crippen LogP contribution in [0, 0.1) is 0 Å². The van der Waals surface area contributed by atoms with Crippen molar-refractivity contribution >= 4 is 23.2 Å². The second kappa shape index (κ2) is 6.80. The van der Waals surface area contributed by atoms with Crippen molar-refractivity contribution in [1.29, 1.82) is 0 Å². The van der Waals surface area contributed by atoms with Crippen LogP contribution in [0.4, 0.5) is 0 Å². The maximum absolute atomic E-state index is 6.15. The predicted molar refractivity (Wildman–Crippen MR) is 78.2 cm³/mol. The Morgan fingerprint density at radius 2 is 1.89 bits per heavy atom. The molecule has 2 nitrogen and oxygen atoms in total. The molecule has 2 aromatic carbocycles. The first kappa shape index (κ1) is 14.2. The molecule has 0 saturated carbocycles. The molecule has 0 aliphatic rings. The molecule has 0 N–H and O–H groups in total. The van der Waals surface area contributed by atoms with Gasteiger partial charge in [0.25, 0.3) is 0 Å². The molecule has 0 amide bonds. The molecule has 0 saturated heterocycles. The largest absolute Gasteiger partial charge is 0.456 e. The molecule has 0 bridgehead atoms. The van der Waals surface area contributed by atoms with Crippen LogP contribution in [0.25, 0.3) is 0 Å². The minimum absolute atomic E-state index is 0.434. The molecule has 0 aliphatic heterocycles. The Kier molecular flexibility index (Phi) is 5.08. The minimum atomic E-state index is 0.434. The van der Waals surface area contributed by atoms with Crippen LogP contribution in [0.5, 0.6) is 11.5 Å². The van der Waals surface area contributed by atoms with Crippen LogP contribution in [-0.4, -0.2) is 7.11 Å². The average molecular weight is 297 g/mol. The molecule has 4 heteroatoms. The molecule has 100 valence electrons. The first-order valence-corrected chi connectivity index (χ1v) is 6.74. The van der Waals surface area contributed by atoms with Gasteiger partial charge in [0.2, 0.25) is 0 Å². The number of hydrogen-bond donors (Lipinski definition) is 0. The summed E-state index contributed by atoms with van der Waals surface area (Å²) in [5.74, 6) is 1.78. The van der Waals surface area contributed by atoms with Gasteiger partial charge in [-0.05, 0) is 35.4 Å². The summed E-state index contributed by atoms with van der Waals surface area (Å²) in [6, 6.07) is 13.2. The summed E-state index contributed by atoms with van der Waals surface area (Å²) in [5, 5.41) is 0.551. The summed E-state index contributed by atoms with van der Waals surface area (Å²) in [4.78, 5) is 0. The molecule has 0 unspecified atom stereocenters. The number of hydrogen-bond acceptors (Lipinski definition) is 2. The molecule has 0 heterocycles. The summed E-state index contributed by atoms with van der Waals surface area (Å²) >= 11 is 11.9. The highest BCUT2D eigenvalue weighted by molar-refractivity contribution is 6.32. The van der Waals surface area contributed by atoms with Gasteiger partial charge in [0, 0.05) is 13.0 Å². The van der Waals surface area contributed by atoms with E-state index in [4.69, 9.17) is 32.7 Å². The number of ether oxygens (including phenoxy) is 2. The zero-order valence-corrected chi connectivity index (χ0v) is 12.0. The number of rotatable bonds is 5. The number of methoxy groups -OCH3 is 1. The topological polar surface area (TPSA) is 18.5 Å². The summed E-state index contributed by atoms with van der Waals surface area (Å²) in [5.41, 5.74) is 2.01. The molecule has 0 aromatic heterocycles. The zero-order chi connectivity index (χ0) is 13.7. The maximum Gasteiger partial charge on any atom is 0.146 e. The lowest BCUT2D eigenvalue weighted by Gasteiger charge is -2.09. The van der Waals surface area contributed by atoms with Crippen LogP contribution in [-0.2, 0) is 17.2 Å². The molecule has 0 aliphatic carbocycles. The van der Waals surface area contributed by atoms with Gasteiger partial charge in [-0.3, -0.25) is 0 Å². The van der Waals surface area contributed by atoms with Crippen LogP contribution >= 0.6 is 23.2 Å². The Balaban J connectivity index is 2.18. The van der Waals surface area contributed by atoms with Gasteiger partial charge in [-0.25, -0.2) is 0 Å². The monoisotopic (exact) mass is 296 g/mol. The summed E-state index contributed by atoms with van der Waals surface area (Å²) in [6.07, 6.45) is 0. The molecule has 19 heavy (non-hydrogen) atoms. The number of halogens is 2. The fraction of sp³-hybridized carbons (Fsp3) is 0.200. The van der Waals surface area contributed by atoms with Gasteiger partial charge in [-0.2, -0.15) is 0 Å². The highest BCUT2D eigenvalue weighted by Gasteiger charge is 2.05. The van der Waals surface area contributed by atoms with E-state index < -0.39 is 0 Å².